The van der Waals surface area contributed by atoms with E-state index in [1.807, 2.05) is 19.9 Å². The van der Waals surface area contributed by atoms with Crippen LogP contribution in [0, 0.1) is 13.8 Å². The number of aromatic nitrogens is 1. The van der Waals surface area contributed by atoms with E-state index < -0.39 is 0 Å². The molecule has 1 rings (SSSR count). The van der Waals surface area contributed by atoms with Gasteiger partial charge in [-0.3, -0.25) is 9.78 Å². The van der Waals surface area contributed by atoms with Crippen LogP contribution in [0.2, 0.25) is 0 Å². The zero-order valence-electron chi connectivity index (χ0n) is 10.8. The summed E-state index contributed by atoms with van der Waals surface area (Å²) in [6, 6.07) is 3.64. The van der Waals surface area contributed by atoms with Crippen LogP contribution in [0.3, 0.4) is 0 Å². The lowest BCUT2D eigenvalue weighted by atomic mass is 10.1. The van der Waals surface area contributed by atoms with Crippen LogP contribution >= 0.6 is 11.6 Å². The number of rotatable bonds is 7. The lowest BCUT2D eigenvalue weighted by Gasteiger charge is -2.07. The molecule has 0 fully saturated rings. The molecule has 1 heterocycles. The molecule has 1 aromatic rings. The number of pyridine rings is 1. The minimum Gasteiger partial charge on any atom is -0.380 e. The minimum atomic E-state index is -0.0858. The van der Waals surface area contributed by atoms with Gasteiger partial charge in [0.15, 0.2) is 0 Å². The molecule has 5 heteroatoms. The molecule has 0 aliphatic rings. The summed E-state index contributed by atoms with van der Waals surface area (Å²) in [6.45, 7) is 5.50. The van der Waals surface area contributed by atoms with Gasteiger partial charge in [0.25, 0.3) is 5.91 Å². The van der Waals surface area contributed by atoms with Gasteiger partial charge in [0.2, 0.25) is 0 Å². The van der Waals surface area contributed by atoms with Crippen LogP contribution in [-0.4, -0.2) is 36.5 Å². The first-order valence-corrected chi connectivity index (χ1v) is 6.54. The van der Waals surface area contributed by atoms with Crippen LogP contribution in [0.1, 0.15) is 28.2 Å². The SMILES string of the molecule is Cc1ccc(C(=O)NCCCOCCCl)c(C)n1. The lowest BCUT2D eigenvalue weighted by molar-refractivity contribution is 0.0943. The van der Waals surface area contributed by atoms with Crippen molar-refractivity contribution in [1.82, 2.24) is 10.3 Å². The number of alkyl halides is 1. The summed E-state index contributed by atoms with van der Waals surface area (Å²) in [4.78, 5) is 16.1. The number of carbonyl (C=O) groups excluding carboxylic acids is 1. The third-order valence-electron chi connectivity index (χ3n) is 2.44. The van der Waals surface area contributed by atoms with E-state index in [4.69, 9.17) is 16.3 Å². The molecule has 0 spiro atoms. The molecule has 18 heavy (non-hydrogen) atoms. The van der Waals surface area contributed by atoms with Crippen molar-refractivity contribution < 1.29 is 9.53 Å². The van der Waals surface area contributed by atoms with Gasteiger partial charge in [0.1, 0.15) is 0 Å². The number of nitrogens with one attached hydrogen (secondary N) is 1. The van der Waals surface area contributed by atoms with Crippen molar-refractivity contribution in [1.29, 1.82) is 0 Å². The van der Waals surface area contributed by atoms with Crippen LogP contribution in [0.5, 0.6) is 0 Å². The molecule has 100 valence electrons. The third-order valence-corrected chi connectivity index (χ3v) is 2.60. The Kier molecular flexibility index (Phi) is 6.68. The Morgan fingerprint density at radius 2 is 2.17 bits per heavy atom. The van der Waals surface area contributed by atoms with Crippen molar-refractivity contribution in [2.75, 3.05) is 25.6 Å². The van der Waals surface area contributed by atoms with Crippen molar-refractivity contribution in [3.63, 3.8) is 0 Å². The quantitative estimate of drug-likeness (QED) is 0.610. The summed E-state index contributed by atoms with van der Waals surface area (Å²) in [5.74, 6) is 0.415. The summed E-state index contributed by atoms with van der Waals surface area (Å²) in [7, 11) is 0. The predicted octanol–water partition coefficient (Wildman–Crippen LogP) is 2.07. The maximum absolute atomic E-state index is 11.9. The fraction of sp³-hybridized carbons (Fsp3) is 0.538. The zero-order valence-corrected chi connectivity index (χ0v) is 11.6. The van der Waals surface area contributed by atoms with E-state index in [1.165, 1.54) is 0 Å². The molecule has 0 radical (unpaired) electrons. The molecule has 1 amide bonds. The Hall–Kier alpha value is -1.13. The van der Waals surface area contributed by atoms with Gasteiger partial charge >= 0.3 is 0 Å². The van der Waals surface area contributed by atoms with Gasteiger partial charge < -0.3 is 10.1 Å². The Morgan fingerprint density at radius 3 is 2.83 bits per heavy atom. The second kappa shape index (κ2) is 8.06. The molecule has 4 nitrogen and oxygen atoms in total. The second-order valence-corrected chi connectivity index (χ2v) is 4.37. The number of hydrogen-bond acceptors (Lipinski definition) is 3. The highest BCUT2D eigenvalue weighted by Crippen LogP contribution is 2.06. The van der Waals surface area contributed by atoms with Gasteiger partial charge in [0, 0.05) is 24.7 Å². The first kappa shape index (κ1) is 14.9. The number of nitrogens with zero attached hydrogens (tertiary/aromatic N) is 1. The number of aryl methyl sites for hydroxylation is 2. The Balaban J connectivity index is 2.32. The van der Waals surface area contributed by atoms with E-state index in [2.05, 4.69) is 10.3 Å². The molecule has 0 atom stereocenters. The second-order valence-electron chi connectivity index (χ2n) is 4.00. The standard InChI is InChI=1S/C13H19ClN2O2/c1-10-4-5-12(11(2)16-10)13(17)15-7-3-8-18-9-6-14/h4-5H,3,6-9H2,1-2H3,(H,15,17). The van der Waals surface area contributed by atoms with Gasteiger partial charge in [-0.2, -0.15) is 0 Å². The van der Waals surface area contributed by atoms with Crippen molar-refractivity contribution in [2.45, 2.75) is 20.3 Å². The van der Waals surface area contributed by atoms with Crippen molar-refractivity contribution in [2.24, 2.45) is 0 Å². The minimum absolute atomic E-state index is 0.0858. The molecular formula is C13H19ClN2O2. The van der Waals surface area contributed by atoms with Crippen LogP contribution in [0.15, 0.2) is 12.1 Å². The number of carbonyl (C=O) groups is 1. The van der Waals surface area contributed by atoms with E-state index in [-0.39, 0.29) is 5.91 Å². The van der Waals surface area contributed by atoms with Crippen molar-refractivity contribution >= 4 is 17.5 Å². The first-order chi connectivity index (χ1) is 8.65. The molecule has 1 N–H and O–H groups in total. The highest BCUT2D eigenvalue weighted by Gasteiger charge is 2.08. The average Bonchev–Trinajstić information content (AvgIpc) is 2.33. The third kappa shape index (κ3) is 5.02. The molecule has 0 aliphatic carbocycles. The normalized spacial score (nSPS) is 10.4. The highest BCUT2D eigenvalue weighted by molar-refractivity contribution is 6.17. The van der Waals surface area contributed by atoms with Gasteiger partial charge in [-0.25, -0.2) is 0 Å². The number of amides is 1. The molecule has 0 saturated carbocycles. The van der Waals surface area contributed by atoms with E-state index in [9.17, 15) is 4.79 Å². The lowest BCUT2D eigenvalue weighted by Crippen LogP contribution is -2.26. The maximum atomic E-state index is 11.9. The van der Waals surface area contributed by atoms with Gasteiger partial charge in [-0.1, -0.05) is 0 Å². The molecule has 0 aliphatic heterocycles. The summed E-state index contributed by atoms with van der Waals surface area (Å²) in [5.41, 5.74) is 2.30. The van der Waals surface area contributed by atoms with Gasteiger partial charge in [-0.05, 0) is 32.4 Å². The fourth-order valence-electron chi connectivity index (χ4n) is 1.55. The van der Waals surface area contributed by atoms with E-state index in [0.29, 0.717) is 31.2 Å². The van der Waals surface area contributed by atoms with Crippen LogP contribution in [-0.2, 0) is 4.74 Å². The summed E-state index contributed by atoms with van der Waals surface area (Å²) in [5, 5.41) is 2.84. The zero-order chi connectivity index (χ0) is 13.4. The van der Waals surface area contributed by atoms with E-state index >= 15 is 0 Å². The largest absolute Gasteiger partial charge is 0.380 e. The Labute approximate surface area is 113 Å². The summed E-state index contributed by atoms with van der Waals surface area (Å²) < 4.78 is 5.21. The topological polar surface area (TPSA) is 51.2 Å². The number of hydrogen-bond donors (Lipinski definition) is 1. The number of halogens is 1. The molecule has 0 bridgehead atoms. The summed E-state index contributed by atoms with van der Waals surface area (Å²) >= 11 is 5.47. The van der Waals surface area contributed by atoms with Crippen molar-refractivity contribution in [3.8, 4) is 0 Å². The Morgan fingerprint density at radius 1 is 1.39 bits per heavy atom. The predicted molar refractivity (Wildman–Crippen MR) is 72.2 cm³/mol. The molecule has 0 saturated heterocycles. The fourth-order valence-corrected chi connectivity index (χ4v) is 1.66. The van der Waals surface area contributed by atoms with E-state index in [0.717, 1.165) is 17.8 Å². The number of ether oxygens (including phenoxy) is 1. The first-order valence-electron chi connectivity index (χ1n) is 6.01. The monoisotopic (exact) mass is 270 g/mol. The smallest absolute Gasteiger partial charge is 0.253 e. The average molecular weight is 271 g/mol. The molecular weight excluding hydrogens is 252 g/mol. The maximum Gasteiger partial charge on any atom is 0.253 e. The van der Waals surface area contributed by atoms with Gasteiger partial charge in [0.05, 0.1) is 17.9 Å². The Bertz CT molecular complexity index is 397. The molecule has 0 aromatic carbocycles. The van der Waals surface area contributed by atoms with Gasteiger partial charge in [-0.15, -0.1) is 11.6 Å². The molecule has 0 unspecified atom stereocenters. The van der Waals surface area contributed by atoms with E-state index in [1.54, 1.807) is 6.07 Å². The summed E-state index contributed by atoms with van der Waals surface area (Å²) in [6.07, 6.45) is 0.779. The van der Waals surface area contributed by atoms with Crippen molar-refractivity contribution in [3.05, 3.63) is 29.1 Å². The molecule has 1 aromatic heterocycles. The van der Waals surface area contributed by atoms with Crippen LogP contribution in [0.4, 0.5) is 0 Å². The highest BCUT2D eigenvalue weighted by atomic mass is 35.5. The van der Waals surface area contributed by atoms with Crippen LogP contribution < -0.4 is 5.32 Å². The van der Waals surface area contributed by atoms with Crippen LogP contribution in [0.25, 0.3) is 0 Å².